The monoisotopic (exact) mass is 387 g/mol. The Hall–Kier alpha value is -3.12. The molecule has 1 unspecified atom stereocenters. The fraction of sp³-hybridized carbons (Fsp3) is 0.304. The summed E-state index contributed by atoms with van der Waals surface area (Å²) in [6.07, 6.45) is 2.58. The highest BCUT2D eigenvalue weighted by atomic mass is 16.1. The molecule has 0 aliphatic carbocycles. The first-order valence-corrected chi connectivity index (χ1v) is 10.2. The third kappa shape index (κ3) is 3.09. The highest BCUT2D eigenvalue weighted by Crippen LogP contribution is 2.27. The number of nitrogens with zero attached hydrogens (tertiary/aromatic N) is 3. The quantitative estimate of drug-likeness (QED) is 0.560. The fourth-order valence-corrected chi connectivity index (χ4v) is 4.47. The van der Waals surface area contributed by atoms with Crippen molar-refractivity contribution in [3.05, 3.63) is 70.1 Å². The molecule has 0 bridgehead atoms. The van der Waals surface area contributed by atoms with E-state index in [1.54, 1.807) is 4.57 Å². The van der Waals surface area contributed by atoms with Gasteiger partial charge in [0.2, 0.25) is 0 Å². The minimum Gasteiger partial charge on any atom is -0.382 e. The van der Waals surface area contributed by atoms with Crippen LogP contribution in [-0.2, 0) is 6.54 Å². The lowest BCUT2D eigenvalue weighted by Gasteiger charge is -2.24. The lowest BCUT2D eigenvalue weighted by atomic mass is 10.0. The second kappa shape index (κ2) is 7.04. The van der Waals surface area contributed by atoms with Crippen LogP contribution in [0.4, 0.5) is 5.82 Å². The molecule has 148 valence electrons. The van der Waals surface area contributed by atoms with Gasteiger partial charge in [0.1, 0.15) is 11.3 Å². The van der Waals surface area contributed by atoms with Crippen LogP contribution in [0, 0.1) is 0 Å². The zero-order valence-corrected chi connectivity index (χ0v) is 16.6. The van der Waals surface area contributed by atoms with Crippen LogP contribution in [0.5, 0.6) is 0 Å². The van der Waals surface area contributed by atoms with E-state index in [0.717, 1.165) is 22.0 Å². The second-order valence-corrected chi connectivity index (χ2v) is 7.91. The summed E-state index contributed by atoms with van der Waals surface area (Å²) in [5.41, 5.74) is 10.6. The van der Waals surface area contributed by atoms with Crippen LogP contribution in [0.15, 0.2) is 53.3 Å². The number of nitrogens with two attached hydrogens (primary N) is 1. The van der Waals surface area contributed by atoms with Crippen molar-refractivity contribution in [2.45, 2.75) is 32.4 Å². The Morgan fingerprint density at radius 1 is 1.10 bits per heavy atom. The Labute approximate surface area is 169 Å². The van der Waals surface area contributed by atoms with Gasteiger partial charge in [-0.05, 0) is 50.0 Å². The standard InChI is InChI=1S/C23H25N5O/c1-15(27-12-4-5-13-27)17-10-8-16(9-11-17)14-28-21-18-6-2-3-7-19(18)25-22(24)20(21)26-23(28)29/h2-3,6-11,15H,4-5,12-14H2,1H3,(H2,24,25)(H,26,29). The maximum Gasteiger partial charge on any atom is 0.326 e. The number of fused-ring (bicyclic) bond motifs is 3. The average Bonchev–Trinajstić information content (AvgIpc) is 3.38. The van der Waals surface area contributed by atoms with Crippen molar-refractivity contribution < 1.29 is 0 Å². The van der Waals surface area contributed by atoms with E-state index >= 15 is 0 Å². The van der Waals surface area contributed by atoms with Gasteiger partial charge in [-0.1, -0.05) is 42.5 Å². The molecule has 6 nitrogen and oxygen atoms in total. The summed E-state index contributed by atoms with van der Waals surface area (Å²) < 4.78 is 1.76. The minimum atomic E-state index is -0.167. The third-order valence-corrected chi connectivity index (χ3v) is 6.13. The minimum absolute atomic E-state index is 0.167. The van der Waals surface area contributed by atoms with E-state index in [-0.39, 0.29) is 5.69 Å². The molecule has 3 heterocycles. The Morgan fingerprint density at radius 2 is 1.83 bits per heavy atom. The molecule has 1 fully saturated rings. The van der Waals surface area contributed by atoms with Gasteiger partial charge in [-0.2, -0.15) is 0 Å². The number of pyridine rings is 1. The fourth-order valence-electron chi connectivity index (χ4n) is 4.47. The molecule has 0 radical (unpaired) electrons. The molecule has 1 aliphatic rings. The molecule has 5 rings (SSSR count). The maximum atomic E-state index is 12.7. The number of para-hydroxylation sites is 1. The Kier molecular flexibility index (Phi) is 4.36. The molecule has 0 saturated carbocycles. The number of likely N-dealkylation sites (tertiary alicyclic amines) is 1. The number of anilines is 1. The van der Waals surface area contributed by atoms with Crippen LogP contribution in [0.1, 0.15) is 36.9 Å². The maximum absolute atomic E-state index is 12.7. The molecule has 1 atom stereocenters. The van der Waals surface area contributed by atoms with E-state index in [9.17, 15) is 4.79 Å². The summed E-state index contributed by atoms with van der Waals surface area (Å²) in [6, 6.07) is 16.8. The van der Waals surface area contributed by atoms with Gasteiger partial charge in [0.25, 0.3) is 0 Å². The van der Waals surface area contributed by atoms with Crippen LogP contribution in [0.25, 0.3) is 21.9 Å². The summed E-state index contributed by atoms with van der Waals surface area (Å²) in [5, 5.41) is 0.925. The number of imidazole rings is 1. The topological polar surface area (TPSA) is 79.9 Å². The molecule has 3 N–H and O–H groups in total. The molecular formula is C23H25N5O. The Balaban J connectivity index is 1.52. The number of nitrogen functional groups attached to an aromatic ring is 1. The Bertz CT molecular complexity index is 1230. The van der Waals surface area contributed by atoms with Crippen molar-refractivity contribution in [3.63, 3.8) is 0 Å². The van der Waals surface area contributed by atoms with E-state index < -0.39 is 0 Å². The van der Waals surface area contributed by atoms with Gasteiger partial charge in [0, 0.05) is 11.4 Å². The van der Waals surface area contributed by atoms with Gasteiger partial charge in [-0.25, -0.2) is 9.78 Å². The van der Waals surface area contributed by atoms with Crippen molar-refractivity contribution in [2.24, 2.45) is 0 Å². The molecule has 0 spiro atoms. The van der Waals surface area contributed by atoms with Crippen molar-refractivity contribution >= 4 is 27.8 Å². The molecule has 0 amide bonds. The summed E-state index contributed by atoms with van der Waals surface area (Å²) in [4.78, 5) is 22.5. The molecular weight excluding hydrogens is 362 g/mol. The summed E-state index contributed by atoms with van der Waals surface area (Å²) in [5.74, 6) is 0.351. The Morgan fingerprint density at radius 3 is 2.59 bits per heavy atom. The zero-order chi connectivity index (χ0) is 20.0. The van der Waals surface area contributed by atoms with Crippen molar-refractivity contribution in [1.29, 1.82) is 0 Å². The molecule has 2 aromatic carbocycles. The third-order valence-electron chi connectivity index (χ3n) is 6.13. The number of H-pyrrole nitrogens is 1. The number of nitrogens with one attached hydrogen (secondary N) is 1. The summed E-state index contributed by atoms with van der Waals surface area (Å²) >= 11 is 0. The number of benzene rings is 2. The molecule has 1 saturated heterocycles. The van der Waals surface area contributed by atoms with Crippen LogP contribution in [0.2, 0.25) is 0 Å². The smallest absolute Gasteiger partial charge is 0.326 e. The second-order valence-electron chi connectivity index (χ2n) is 7.91. The first-order valence-electron chi connectivity index (χ1n) is 10.2. The van der Waals surface area contributed by atoms with Gasteiger partial charge in [0.05, 0.1) is 17.6 Å². The number of aromatic amines is 1. The number of rotatable bonds is 4. The van der Waals surface area contributed by atoms with Gasteiger partial charge in [0.15, 0.2) is 0 Å². The molecule has 29 heavy (non-hydrogen) atoms. The predicted octanol–water partition coefficient (Wildman–Crippen LogP) is 3.67. The highest BCUT2D eigenvalue weighted by molar-refractivity contribution is 6.06. The van der Waals surface area contributed by atoms with Crippen molar-refractivity contribution in [1.82, 2.24) is 19.4 Å². The first kappa shape index (κ1) is 17.9. The molecule has 2 aromatic heterocycles. The SMILES string of the molecule is CC(c1ccc(Cn2c(=O)[nH]c3c(N)nc4ccccc4c32)cc1)N1CCCC1. The van der Waals surface area contributed by atoms with Crippen LogP contribution in [0.3, 0.4) is 0 Å². The average molecular weight is 387 g/mol. The summed E-state index contributed by atoms with van der Waals surface area (Å²) in [6.45, 7) is 5.11. The van der Waals surface area contributed by atoms with Crippen LogP contribution < -0.4 is 11.4 Å². The van der Waals surface area contributed by atoms with E-state index in [2.05, 4.69) is 46.1 Å². The number of hydrogen-bond donors (Lipinski definition) is 2. The molecule has 6 heteroatoms. The van der Waals surface area contributed by atoms with Gasteiger partial charge < -0.3 is 10.7 Å². The van der Waals surface area contributed by atoms with E-state index in [4.69, 9.17) is 5.73 Å². The van der Waals surface area contributed by atoms with Gasteiger partial charge >= 0.3 is 5.69 Å². The number of hydrogen-bond acceptors (Lipinski definition) is 4. The number of aromatic nitrogens is 3. The van der Waals surface area contributed by atoms with Crippen molar-refractivity contribution in [3.8, 4) is 0 Å². The lowest BCUT2D eigenvalue weighted by molar-refractivity contribution is 0.263. The van der Waals surface area contributed by atoms with E-state index in [1.165, 1.54) is 31.5 Å². The van der Waals surface area contributed by atoms with Gasteiger partial charge in [-0.3, -0.25) is 9.47 Å². The summed E-state index contributed by atoms with van der Waals surface area (Å²) in [7, 11) is 0. The normalized spacial score (nSPS) is 16.0. The van der Waals surface area contributed by atoms with Crippen LogP contribution in [-0.4, -0.2) is 32.5 Å². The lowest BCUT2D eigenvalue weighted by Crippen LogP contribution is -2.23. The first-order chi connectivity index (χ1) is 14.1. The van der Waals surface area contributed by atoms with E-state index in [0.29, 0.717) is 23.9 Å². The molecule has 1 aliphatic heterocycles. The van der Waals surface area contributed by atoms with E-state index in [1.807, 2.05) is 24.3 Å². The molecule has 4 aromatic rings. The highest BCUT2D eigenvalue weighted by Gasteiger charge is 2.19. The zero-order valence-electron chi connectivity index (χ0n) is 16.6. The largest absolute Gasteiger partial charge is 0.382 e. The van der Waals surface area contributed by atoms with Crippen molar-refractivity contribution in [2.75, 3.05) is 18.8 Å². The van der Waals surface area contributed by atoms with Crippen LogP contribution >= 0.6 is 0 Å². The predicted molar refractivity (Wildman–Crippen MR) is 117 cm³/mol. The van der Waals surface area contributed by atoms with Gasteiger partial charge in [-0.15, -0.1) is 0 Å².